The molecule has 6 nitrogen and oxygen atoms in total. The first-order valence-electron chi connectivity index (χ1n) is 8.03. The highest BCUT2D eigenvalue weighted by Gasteiger charge is 2.39. The molecule has 0 N–H and O–H groups in total. The van der Waals surface area contributed by atoms with Crippen LogP contribution in [-0.2, 0) is 22.3 Å². The van der Waals surface area contributed by atoms with E-state index in [0.717, 1.165) is 38.2 Å². The molecular formula is C15H17F3N4O2S. The predicted molar refractivity (Wildman–Crippen MR) is 84.5 cm³/mol. The lowest BCUT2D eigenvalue weighted by molar-refractivity contribution is -0.187. The molecule has 0 aromatic carbocycles. The third-order valence-electron chi connectivity index (χ3n) is 4.67. The molecule has 0 amide bonds. The molecule has 0 radical (unpaired) electrons. The van der Waals surface area contributed by atoms with Gasteiger partial charge in [0.25, 0.3) is 0 Å². The Hall–Kier alpha value is -1.49. The van der Waals surface area contributed by atoms with Crippen molar-refractivity contribution in [2.24, 2.45) is 0 Å². The molecule has 2 fully saturated rings. The van der Waals surface area contributed by atoms with Crippen LogP contribution in [0, 0.1) is 4.77 Å². The second-order valence-electron chi connectivity index (χ2n) is 6.29. The van der Waals surface area contributed by atoms with Gasteiger partial charge in [-0.15, -0.1) is 0 Å². The van der Waals surface area contributed by atoms with Crippen LogP contribution in [0.2, 0.25) is 0 Å². The van der Waals surface area contributed by atoms with E-state index in [4.69, 9.17) is 21.7 Å². The van der Waals surface area contributed by atoms with Crippen molar-refractivity contribution in [1.82, 2.24) is 19.1 Å². The lowest BCUT2D eigenvalue weighted by Crippen LogP contribution is -2.45. The third kappa shape index (κ3) is 3.19. The van der Waals surface area contributed by atoms with Gasteiger partial charge in [-0.3, -0.25) is 9.30 Å². The molecule has 0 atom stereocenters. The molecule has 25 heavy (non-hydrogen) atoms. The molecule has 2 aromatic heterocycles. The molecule has 136 valence electrons. The molecule has 4 heterocycles. The Balaban J connectivity index is 1.52. The Morgan fingerprint density at radius 1 is 1.16 bits per heavy atom. The maximum absolute atomic E-state index is 12.9. The van der Waals surface area contributed by atoms with Crippen molar-refractivity contribution in [3.05, 3.63) is 28.7 Å². The van der Waals surface area contributed by atoms with E-state index in [1.807, 2.05) is 0 Å². The number of aromatic nitrogens is 3. The number of pyridine rings is 1. The second kappa shape index (κ2) is 6.04. The summed E-state index contributed by atoms with van der Waals surface area (Å²) in [4.78, 5) is 2.14. The fourth-order valence-corrected chi connectivity index (χ4v) is 3.53. The minimum atomic E-state index is -4.41. The molecular weight excluding hydrogens is 357 g/mol. The number of nitrogens with zero attached hydrogens (tertiary/aromatic N) is 4. The van der Waals surface area contributed by atoms with Gasteiger partial charge < -0.3 is 9.47 Å². The topological polar surface area (TPSA) is 43.9 Å². The summed E-state index contributed by atoms with van der Waals surface area (Å²) in [5.41, 5.74) is -0.347. The van der Waals surface area contributed by atoms with Crippen LogP contribution in [-0.4, -0.2) is 51.2 Å². The summed E-state index contributed by atoms with van der Waals surface area (Å²) in [6.45, 7) is 3.18. The third-order valence-corrected chi connectivity index (χ3v) is 5.08. The van der Waals surface area contributed by atoms with E-state index in [1.165, 1.54) is 10.5 Å². The van der Waals surface area contributed by atoms with Gasteiger partial charge in [0.2, 0.25) is 4.77 Å². The molecule has 1 spiro atoms. The molecule has 0 saturated carbocycles. The highest BCUT2D eigenvalue weighted by molar-refractivity contribution is 7.71. The fraction of sp³-hybridized carbons (Fsp3) is 0.600. The van der Waals surface area contributed by atoms with Gasteiger partial charge in [-0.25, -0.2) is 4.68 Å². The summed E-state index contributed by atoms with van der Waals surface area (Å²) < 4.78 is 53.1. The molecule has 2 aromatic rings. The first kappa shape index (κ1) is 17.0. The molecule has 0 bridgehead atoms. The van der Waals surface area contributed by atoms with Gasteiger partial charge in [0.1, 0.15) is 0 Å². The number of likely N-dealkylation sites (tertiary alicyclic amines) is 1. The number of alkyl halides is 3. The average Bonchev–Trinajstić information content (AvgIpc) is 3.15. The number of hydrogen-bond acceptors (Lipinski definition) is 5. The molecule has 0 aliphatic carbocycles. The Kier molecular flexibility index (Phi) is 4.10. The highest BCUT2D eigenvalue weighted by Crippen LogP contribution is 2.31. The van der Waals surface area contributed by atoms with E-state index in [2.05, 4.69) is 10.00 Å². The number of piperidine rings is 1. The van der Waals surface area contributed by atoms with Crippen LogP contribution in [0.1, 0.15) is 18.4 Å². The van der Waals surface area contributed by atoms with E-state index in [-0.39, 0.29) is 4.77 Å². The lowest BCUT2D eigenvalue weighted by Gasteiger charge is -2.37. The van der Waals surface area contributed by atoms with Crippen LogP contribution in [0.3, 0.4) is 0 Å². The monoisotopic (exact) mass is 374 g/mol. The molecule has 2 aliphatic heterocycles. The van der Waals surface area contributed by atoms with Crippen molar-refractivity contribution < 1.29 is 22.6 Å². The zero-order chi connectivity index (χ0) is 17.7. The summed E-state index contributed by atoms with van der Waals surface area (Å²) in [5, 5.41) is 4.32. The maximum atomic E-state index is 12.9. The first-order valence-corrected chi connectivity index (χ1v) is 8.44. The van der Waals surface area contributed by atoms with Gasteiger partial charge in [0, 0.05) is 32.1 Å². The van der Waals surface area contributed by atoms with Gasteiger partial charge in [0.15, 0.2) is 11.4 Å². The first-order chi connectivity index (χ1) is 11.9. The van der Waals surface area contributed by atoms with Crippen molar-refractivity contribution in [3.8, 4) is 0 Å². The van der Waals surface area contributed by atoms with Gasteiger partial charge in [-0.05, 0) is 24.4 Å². The minimum Gasteiger partial charge on any atom is -0.347 e. The SMILES string of the molecule is FC(F)(F)c1ccc2nn(CN3CCC4(CC3)OCCO4)c(=S)n2c1. The zero-order valence-corrected chi connectivity index (χ0v) is 14.1. The number of halogens is 3. The van der Waals surface area contributed by atoms with Crippen molar-refractivity contribution >= 4 is 17.9 Å². The van der Waals surface area contributed by atoms with Crippen molar-refractivity contribution in [1.29, 1.82) is 0 Å². The number of ether oxygens (including phenoxy) is 2. The lowest BCUT2D eigenvalue weighted by atomic mass is 10.0. The van der Waals surface area contributed by atoms with Crippen LogP contribution in [0.25, 0.3) is 5.65 Å². The maximum Gasteiger partial charge on any atom is 0.417 e. The van der Waals surface area contributed by atoms with Gasteiger partial charge >= 0.3 is 6.18 Å². The van der Waals surface area contributed by atoms with E-state index in [9.17, 15) is 13.2 Å². The quantitative estimate of drug-likeness (QED) is 0.757. The summed E-state index contributed by atoms with van der Waals surface area (Å²) >= 11 is 5.30. The minimum absolute atomic E-state index is 0.245. The van der Waals surface area contributed by atoms with Crippen molar-refractivity contribution in [2.75, 3.05) is 26.3 Å². The van der Waals surface area contributed by atoms with E-state index in [0.29, 0.717) is 25.5 Å². The normalized spacial score (nSPS) is 21.4. The van der Waals surface area contributed by atoms with Crippen LogP contribution in [0.4, 0.5) is 13.2 Å². The van der Waals surface area contributed by atoms with Gasteiger partial charge in [0.05, 0.1) is 25.4 Å². The van der Waals surface area contributed by atoms with Crippen molar-refractivity contribution in [3.63, 3.8) is 0 Å². The Morgan fingerprint density at radius 2 is 1.84 bits per heavy atom. The number of hydrogen-bond donors (Lipinski definition) is 0. The van der Waals surface area contributed by atoms with E-state index in [1.54, 1.807) is 4.68 Å². The van der Waals surface area contributed by atoms with Crippen molar-refractivity contribution in [2.45, 2.75) is 31.5 Å². The highest BCUT2D eigenvalue weighted by atomic mass is 32.1. The van der Waals surface area contributed by atoms with E-state index >= 15 is 0 Å². The average molecular weight is 374 g/mol. The Morgan fingerprint density at radius 3 is 2.48 bits per heavy atom. The zero-order valence-electron chi connectivity index (χ0n) is 13.3. The van der Waals surface area contributed by atoms with Crippen LogP contribution in [0.5, 0.6) is 0 Å². The summed E-state index contributed by atoms with van der Waals surface area (Å²) in [7, 11) is 0. The standard InChI is InChI=1S/C15H17F3N4O2S/c16-15(17,18)11-1-2-12-19-22(13(25)21(12)9-11)10-20-5-3-14(4-6-20)23-7-8-24-14/h1-2,9H,3-8,10H2. The molecule has 2 aliphatic rings. The van der Waals surface area contributed by atoms with Gasteiger partial charge in [-0.1, -0.05) is 0 Å². The molecule has 0 unspecified atom stereocenters. The predicted octanol–water partition coefficient (Wildman–Crippen LogP) is 2.68. The van der Waals surface area contributed by atoms with E-state index < -0.39 is 17.5 Å². The Bertz CT molecular complexity index is 831. The summed E-state index contributed by atoms with van der Waals surface area (Å²) in [5.74, 6) is -0.460. The largest absolute Gasteiger partial charge is 0.417 e. The summed E-state index contributed by atoms with van der Waals surface area (Å²) in [6, 6.07) is 2.35. The van der Waals surface area contributed by atoms with Crippen LogP contribution < -0.4 is 0 Å². The summed E-state index contributed by atoms with van der Waals surface area (Å²) in [6.07, 6.45) is -1.90. The molecule has 4 rings (SSSR count). The fourth-order valence-electron chi connectivity index (χ4n) is 3.29. The molecule has 2 saturated heterocycles. The second-order valence-corrected chi connectivity index (χ2v) is 6.66. The number of rotatable bonds is 2. The van der Waals surface area contributed by atoms with Crippen LogP contribution >= 0.6 is 12.2 Å². The van der Waals surface area contributed by atoms with Crippen LogP contribution in [0.15, 0.2) is 18.3 Å². The smallest absolute Gasteiger partial charge is 0.347 e. The Labute approximate surface area is 146 Å². The van der Waals surface area contributed by atoms with Gasteiger partial charge in [-0.2, -0.15) is 18.3 Å². The molecule has 10 heteroatoms. The number of fused-ring (bicyclic) bond motifs is 1.